The zero-order chi connectivity index (χ0) is 15.6. The molecule has 0 atom stereocenters. The molecule has 0 aromatic heterocycles. The molecule has 7 heteroatoms. The number of carbonyl (C=O) groups excluding carboxylic acids is 2. The van der Waals surface area contributed by atoms with E-state index < -0.39 is 23.4 Å². The van der Waals surface area contributed by atoms with Crippen LogP contribution in [-0.2, 0) is 9.53 Å². The number of hydrogen-bond acceptors (Lipinski definition) is 4. The van der Waals surface area contributed by atoms with Crippen molar-refractivity contribution in [3.8, 4) is 0 Å². The maximum Gasteiger partial charge on any atom is 0.343 e. The molecule has 0 aliphatic heterocycles. The van der Waals surface area contributed by atoms with Gasteiger partial charge in [-0.25, -0.2) is 13.6 Å². The number of nitrogens with one attached hydrogen (secondary N) is 1. The fourth-order valence-electron chi connectivity index (χ4n) is 1.62. The van der Waals surface area contributed by atoms with Gasteiger partial charge in [0, 0.05) is 17.8 Å². The molecule has 1 aromatic carbocycles. The summed E-state index contributed by atoms with van der Waals surface area (Å²) in [6.07, 6.45) is 3.10. The van der Waals surface area contributed by atoms with Crippen LogP contribution in [-0.4, -0.2) is 24.9 Å². The minimum Gasteiger partial charge on any atom is -0.465 e. The molecule has 0 bridgehead atoms. The summed E-state index contributed by atoms with van der Waals surface area (Å²) in [5.74, 6) is -4.11. The van der Waals surface area contributed by atoms with Gasteiger partial charge < -0.3 is 10.1 Å². The van der Waals surface area contributed by atoms with Crippen molar-refractivity contribution in [3.05, 3.63) is 46.1 Å². The molecule has 0 unspecified atom stereocenters. The number of carbonyl (C=O) groups is 2. The molecule has 2 rings (SSSR count). The first-order valence-corrected chi connectivity index (χ1v) is 6.55. The summed E-state index contributed by atoms with van der Waals surface area (Å²) in [7, 11) is 1.12. The van der Waals surface area contributed by atoms with Crippen LogP contribution in [0.25, 0.3) is 0 Å². The number of esters is 1. The van der Waals surface area contributed by atoms with E-state index in [0.29, 0.717) is 12.1 Å². The zero-order valence-corrected chi connectivity index (χ0v) is 11.8. The highest BCUT2D eigenvalue weighted by Crippen LogP contribution is 2.24. The number of hydrogen-bond donors (Lipinski definition) is 1. The summed E-state index contributed by atoms with van der Waals surface area (Å²) < 4.78 is 30.8. The number of Topliss-reactive ketones (excluding diaryl/α,β-unsaturated/α-hetero) is 1. The van der Waals surface area contributed by atoms with Crippen LogP contribution in [0.4, 0.5) is 8.78 Å². The molecule has 1 aliphatic carbocycles. The first kappa shape index (κ1) is 15.4. The van der Waals surface area contributed by atoms with E-state index >= 15 is 0 Å². The molecule has 21 heavy (non-hydrogen) atoms. The van der Waals surface area contributed by atoms with Gasteiger partial charge in [-0.05, 0) is 25.0 Å². The molecule has 1 fully saturated rings. The Kier molecular flexibility index (Phi) is 4.57. The van der Waals surface area contributed by atoms with Crippen molar-refractivity contribution < 1.29 is 23.1 Å². The van der Waals surface area contributed by atoms with Crippen LogP contribution >= 0.6 is 11.6 Å². The van der Waals surface area contributed by atoms with Crippen molar-refractivity contribution in [2.75, 3.05) is 7.11 Å². The lowest BCUT2D eigenvalue weighted by molar-refractivity contribution is -0.135. The number of halogens is 3. The lowest BCUT2D eigenvalue weighted by atomic mass is 10.0. The maximum atomic E-state index is 13.3. The summed E-state index contributed by atoms with van der Waals surface area (Å²) in [6.45, 7) is 0. The Morgan fingerprint density at radius 1 is 1.33 bits per heavy atom. The molecule has 4 nitrogen and oxygen atoms in total. The second-order valence-electron chi connectivity index (χ2n) is 4.57. The van der Waals surface area contributed by atoms with Crippen molar-refractivity contribution in [1.29, 1.82) is 0 Å². The Labute approximate surface area is 124 Å². The molecule has 112 valence electrons. The molecule has 1 N–H and O–H groups in total. The van der Waals surface area contributed by atoms with Crippen LogP contribution < -0.4 is 5.32 Å². The molecule has 0 amide bonds. The van der Waals surface area contributed by atoms with E-state index in [0.717, 1.165) is 20.0 Å². The average molecular weight is 316 g/mol. The van der Waals surface area contributed by atoms with E-state index in [1.807, 2.05) is 0 Å². The summed E-state index contributed by atoms with van der Waals surface area (Å²) in [4.78, 5) is 23.9. The van der Waals surface area contributed by atoms with Crippen LogP contribution in [0.5, 0.6) is 0 Å². The first-order valence-electron chi connectivity index (χ1n) is 6.17. The van der Waals surface area contributed by atoms with Crippen molar-refractivity contribution in [2.45, 2.75) is 18.9 Å². The number of ether oxygens (including phenoxy) is 1. The van der Waals surface area contributed by atoms with Gasteiger partial charge in [-0.1, -0.05) is 11.6 Å². The fourth-order valence-corrected chi connectivity index (χ4v) is 1.86. The van der Waals surface area contributed by atoms with Gasteiger partial charge >= 0.3 is 5.97 Å². The highest BCUT2D eigenvalue weighted by molar-refractivity contribution is 6.36. The topological polar surface area (TPSA) is 55.4 Å². The summed E-state index contributed by atoms with van der Waals surface area (Å²) in [5, 5.41) is 2.60. The van der Waals surface area contributed by atoms with Crippen LogP contribution in [0.2, 0.25) is 5.02 Å². The van der Waals surface area contributed by atoms with Gasteiger partial charge in [-0.3, -0.25) is 4.79 Å². The van der Waals surface area contributed by atoms with Gasteiger partial charge in [-0.15, -0.1) is 0 Å². The summed E-state index contributed by atoms with van der Waals surface area (Å²) in [6, 6.07) is 1.55. The lowest BCUT2D eigenvalue weighted by Gasteiger charge is -2.08. The highest BCUT2D eigenvalue weighted by Gasteiger charge is 2.26. The lowest BCUT2D eigenvalue weighted by Crippen LogP contribution is -2.20. The number of methoxy groups -OCH3 is 1. The number of benzene rings is 1. The standard InChI is InChI=1S/C14H12ClF2NO3/c1-21-14(20)9(6-18-7-2-3-7)13(19)8-4-11(16)12(17)5-10(8)15/h4-7,18H,2-3H2,1H3/b9-6-. The molecule has 0 radical (unpaired) electrons. The van der Waals surface area contributed by atoms with E-state index in [9.17, 15) is 18.4 Å². The van der Waals surface area contributed by atoms with Gasteiger partial charge in [0.05, 0.1) is 12.1 Å². The van der Waals surface area contributed by atoms with Crippen LogP contribution in [0, 0.1) is 11.6 Å². The summed E-state index contributed by atoms with van der Waals surface area (Å²) in [5.41, 5.74) is -0.623. The number of ketones is 1. The van der Waals surface area contributed by atoms with Gasteiger partial charge in [0.1, 0.15) is 5.57 Å². The molecule has 0 heterocycles. The highest BCUT2D eigenvalue weighted by atomic mass is 35.5. The third-order valence-corrected chi connectivity index (χ3v) is 3.26. The maximum absolute atomic E-state index is 13.3. The van der Waals surface area contributed by atoms with Crippen molar-refractivity contribution in [3.63, 3.8) is 0 Å². The average Bonchev–Trinajstić information content (AvgIpc) is 3.26. The molecular formula is C14H12ClF2NO3. The van der Waals surface area contributed by atoms with E-state index in [-0.39, 0.29) is 22.2 Å². The largest absolute Gasteiger partial charge is 0.465 e. The predicted octanol–water partition coefficient (Wildman–Crippen LogP) is 2.61. The first-order chi connectivity index (χ1) is 9.93. The predicted molar refractivity (Wildman–Crippen MR) is 72.0 cm³/mol. The fraction of sp³-hybridized carbons (Fsp3) is 0.286. The quantitative estimate of drug-likeness (QED) is 0.227. The van der Waals surface area contributed by atoms with E-state index in [2.05, 4.69) is 10.1 Å². The van der Waals surface area contributed by atoms with Gasteiger partial charge in [0.25, 0.3) is 0 Å². The van der Waals surface area contributed by atoms with Crippen LogP contribution in [0.3, 0.4) is 0 Å². The van der Waals surface area contributed by atoms with Crippen molar-refractivity contribution in [1.82, 2.24) is 5.32 Å². The minimum absolute atomic E-state index is 0.206. The molecule has 1 aromatic rings. The molecule has 0 saturated heterocycles. The van der Waals surface area contributed by atoms with Crippen LogP contribution in [0.1, 0.15) is 23.2 Å². The van der Waals surface area contributed by atoms with Gasteiger partial charge in [0.2, 0.25) is 5.78 Å². The monoisotopic (exact) mass is 315 g/mol. The molecule has 1 aliphatic rings. The Morgan fingerprint density at radius 3 is 2.52 bits per heavy atom. The smallest absolute Gasteiger partial charge is 0.343 e. The van der Waals surface area contributed by atoms with E-state index in [1.165, 1.54) is 6.20 Å². The van der Waals surface area contributed by atoms with Crippen LogP contribution in [0.15, 0.2) is 23.9 Å². The molecule has 0 spiro atoms. The second kappa shape index (κ2) is 6.22. The summed E-state index contributed by atoms with van der Waals surface area (Å²) >= 11 is 5.74. The minimum atomic E-state index is -1.22. The SMILES string of the molecule is COC(=O)/C(=C\NC1CC1)C(=O)c1cc(F)c(F)cc1Cl. The third-order valence-electron chi connectivity index (χ3n) is 2.95. The Morgan fingerprint density at radius 2 is 1.95 bits per heavy atom. The number of rotatable bonds is 5. The normalized spacial score (nSPS) is 14.8. The molecule has 1 saturated carbocycles. The third kappa shape index (κ3) is 3.58. The van der Waals surface area contributed by atoms with E-state index in [1.54, 1.807) is 0 Å². The second-order valence-corrected chi connectivity index (χ2v) is 4.97. The van der Waals surface area contributed by atoms with Crippen molar-refractivity contribution in [2.24, 2.45) is 0 Å². The Balaban J connectivity index is 2.35. The Hall–Kier alpha value is -1.95. The molecular weight excluding hydrogens is 304 g/mol. The Bertz CT molecular complexity index is 627. The van der Waals surface area contributed by atoms with E-state index in [4.69, 9.17) is 11.6 Å². The van der Waals surface area contributed by atoms with Gasteiger partial charge in [-0.2, -0.15) is 0 Å². The zero-order valence-electron chi connectivity index (χ0n) is 11.1. The van der Waals surface area contributed by atoms with Gasteiger partial charge in [0.15, 0.2) is 11.6 Å². The van der Waals surface area contributed by atoms with Crippen molar-refractivity contribution >= 4 is 23.4 Å².